The lowest BCUT2D eigenvalue weighted by molar-refractivity contribution is -0.178. The number of phenolic OH excluding ortho intramolecular Hbond substituents is 2. The molecule has 1 fully saturated rings. The minimum atomic E-state index is -0.981. The van der Waals surface area contributed by atoms with Gasteiger partial charge in [0.1, 0.15) is 11.5 Å². The average Bonchev–Trinajstić information content (AvgIpc) is 2.82. The van der Waals surface area contributed by atoms with Gasteiger partial charge in [-0.1, -0.05) is 49.6 Å². The molecule has 7 heteroatoms. The molecule has 3 atom stereocenters. The Labute approximate surface area is 203 Å². The van der Waals surface area contributed by atoms with Crippen molar-refractivity contribution >= 4 is 11.6 Å². The predicted octanol–water partition coefficient (Wildman–Crippen LogP) is 4.01. The van der Waals surface area contributed by atoms with Crippen LogP contribution in [0.15, 0.2) is 60.7 Å². The third-order valence-corrected chi connectivity index (χ3v) is 7.35. The SMILES string of the molecule is C=C1CO[C@H](O[C@H]2C[C@](N)(C(=C)C)Cc3c(O)c4c(c(O)c32)C(=O)c2ccccc2C4=O)CC1=C. The van der Waals surface area contributed by atoms with Crippen LogP contribution in [0.25, 0.3) is 0 Å². The topological polar surface area (TPSA) is 119 Å². The zero-order valence-electron chi connectivity index (χ0n) is 19.5. The number of ketones is 2. The molecule has 2 aliphatic carbocycles. The van der Waals surface area contributed by atoms with Crippen LogP contribution in [0.4, 0.5) is 0 Å². The summed E-state index contributed by atoms with van der Waals surface area (Å²) in [7, 11) is 0. The molecule has 1 saturated heterocycles. The second-order valence-corrected chi connectivity index (χ2v) is 9.64. The molecule has 0 spiro atoms. The van der Waals surface area contributed by atoms with Crippen molar-refractivity contribution in [1.29, 1.82) is 0 Å². The molecular weight excluding hydrogens is 446 g/mol. The number of ether oxygens (including phenoxy) is 2. The van der Waals surface area contributed by atoms with E-state index in [0.717, 1.165) is 11.1 Å². The maximum atomic E-state index is 13.4. The Balaban J connectivity index is 1.68. The van der Waals surface area contributed by atoms with Gasteiger partial charge in [0.25, 0.3) is 0 Å². The summed E-state index contributed by atoms with van der Waals surface area (Å²) < 4.78 is 12.0. The molecule has 4 N–H and O–H groups in total. The van der Waals surface area contributed by atoms with Crippen LogP contribution in [-0.2, 0) is 15.9 Å². The van der Waals surface area contributed by atoms with Crippen LogP contribution >= 0.6 is 0 Å². The average molecular weight is 474 g/mol. The number of carbonyl (C=O) groups excluding carboxylic acids is 2. The molecule has 2 aromatic rings. The second kappa shape index (κ2) is 8.02. The highest BCUT2D eigenvalue weighted by Crippen LogP contribution is 2.52. The van der Waals surface area contributed by atoms with Gasteiger partial charge < -0.3 is 25.4 Å². The fraction of sp³-hybridized carbons (Fsp3) is 0.286. The van der Waals surface area contributed by atoms with Crippen LogP contribution in [-0.4, -0.2) is 40.2 Å². The standard InChI is InChI=1S/C28H27NO6/c1-13(2)28(29)10-18-21(19(11-28)35-20-9-14(3)15(4)12-34-20)27(33)23-22(26(18)32)24(30)16-7-5-6-8-17(16)25(23)31/h5-8,19-20,32-33H,1,3-4,9-12,29H2,2H3/t19-,20+,28-/m0/s1. The smallest absolute Gasteiger partial charge is 0.198 e. The van der Waals surface area contributed by atoms with E-state index in [1.54, 1.807) is 19.1 Å². The molecule has 1 aliphatic heterocycles. The molecule has 2 aromatic carbocycles. The first-order chi connectivity index (χ1) is 16.5. The number of aromatic hydroxyl groups is 2. The largest absolute Gasteiger partial charge is 0.507 e. The molecule has 0 amide bonds. The molecule has 0 saturated carbocycles. The van der Waals surface area contributed by atoms with Crippen LogP contribution in [0.3, 0.4) is 0 Å². The van der Waals surface area contributed by atoms with Crippen molar-refractivity contribution in [3.63, 3.8) is 0 Å². The number of fused-ring (bicyclic) bond motifs is 3. The van der Waals surface area contributed by atoms with Crippen molar-refractivity contribution in [3.05, 3.63) is 94.1 Å². The van der Waals surface area contributed by atoms with Crippen molar-refractivity contribution in [1.82, 2.24) is 0 Å². The van der Waals surface area contributed by atoms with Crippen molar-refractivity contribution in [2.75, 3.05) is 6.61 Å². The summed E-state index contributed by atoms with van der Waals surface area (Å²) in [5, 5.41) is 22.8. The molecule has 0 aromatic heterocycles. The summed E-state index contributed by atoms with van der Waals surface area (Å²) in [6, 6.07) is 6.35. The van der Waals surface area contributed by atoms with Crippen LogP contribution in [0.2, 0.25) is 0 Å². The van der Waals surface area contributed by atoms with E-state index >= 15 is 0 Å². The maximum absolute atomic E-state index is 13.4. The summed E-state index contributed by atoms with van der Waals surface area (Å²) in [5.74, 6) is -1.81. The molecular formula is C28H27NO6. The summed E-state index contributed by atoms with van der Waals surface area (Å²) in [6.07, 6.45) is -0.803. The first-order valence-electron chi connectivity index (χ1n) is 11.4. The lowest BCUT2D eigenvalue weighted by Gasteiger charge is -2.42. The highest BCUT2D eigenvalue weighted by atomic mass is 16.7. The zero-order chi connectivity index (χ0) is 25.2. The highest BCUT2D eigenvalue weighted by molar-refractivity contribution is 6.30. The number of hydrogen-bond donors (Lipinski definition) is 3. The fourth-order valence-corrected chi connectivity index (χ4v) is 5.14. The van der Waals surface area contributed by atoms with Crippen LogP contribution in [0, 0.1) is 0 Å². The van der Waals surface area contributed by atoms with Gasteiger partial charge in [-0.2, -0.15) is 0 Å². The normalized spacial score (nSPS) is 25.7. The molecule has 5 rings (SSSR count). The van der Waals surface area contributed by atoms with Gasteiger partial charge in [-0.05, 0) is 24.5 Å². The van der Waals surface area contributed by atoms with Gasteiger partial charge >= 0.3 is 0 Å². The molecule has 0 bridgehead atoms. The first-order valence-corrected chi connectivity index (χ1v) is 11.4. The van der Waals surface area contributed by atoms with E-state index < -0.39 is 29.5 Å². The minimum absolute atomic E-state index is 0.113. The molecule has 35 heavy (non-hydrogen) atoms. The Hall–Kier alpha value is -3.52. The first kappa shape index (κ1) is 23.2. The molecule has 7 nitrogen and oxygen atoms in total. The third kappa shape index (κ3) is 3.46. The number of benzene rings is 2. The lowest BCUT2D eigenvalue weighted by atomic mass is 9.70. The summed E-state index contributed by atoms with van der Waals surface area (Å²) in [5.41, 5.74) is 8.37. The van der Waals surface area contributed by atoms with Gasteiger partial charge in [0, 0.05) is 40.6 Å². The van der Waals surface area contributed by atoms with Gasteiger partial charge in [0.2, 0.25) is 0 Å². The Bertz CT molecular complexity index is 1360. The Morgan fingerprint density at radius 3 is 2.26 bits per heavy atom. The van der Waals surface area contributed by atoms with Crippen molar-refractivity contribution < 1.29 is 29.3 Å². The quantitative estimate of drug-likeness (QED) is 0.388. The highest BCUT2D eigenvalue weighted by Gasteiger charge is 2.46. The molecule has 3 aliphatic rings. The Kier molecular flexibility index (Phi) is 5.32. The summed E-state index contributed by atoms with van der Waals surface area (Å²) in [4.78, 5) is 26.7. The molecule has 0 radical (unpaired) electrons. The number of nitrogens with two attached hydrogens (primary N) is 1. The van der Waals surface area contributed by atoms with E-state index in [0.29, 0.717) is 12.0 Å². The number of hydrogen-bond acceptors (Lipinski definition) is 7. The third-order valence-electron chi connectivity index (χ3n) is 7.35. The van der Waals surface area contributed by atoms with E-state index in [-0.39, 0.29) is 64.3 Å². The summed E-state index contributed by atoms with van der Waals surface area (Å²) >= 11 is 0. The summed E-state index contributed by atoms with van der Waals surface area (Å²) in [6.45, 7) is 14.0. The van der Waals surface area contributed by atoms with Crippen molar-refractivity contribution in [3.8, 4) is 11.5 Å². The van der Waals surface area contributed by atoms with E-state index in [1.165, 1.54) is 12.1 Å². The molecule has 1 heterocycles. The minimum Gasteiger partial charge on any atom is -0.507 e. The Morgan fingerprint density at radius 1 is 1.09 bits per heavy atom. The number of rotatable bonds is 3. The van der Waals surface area contributed by atoms with Gasteiger partial charge in [0.15, 0.2) is 17.9 Å². The van der Waals surface area contributed by atoms with Crippen LogP contribution < -0.4 is 5.73 Å². The monoisotopic (exact) mass is 473 g/mol. The lowest BCUT2D eigenvalue weighted by Crippen LogP contribution is -2.48. The van der Waals surface area contributed by atoms with Crippen LogP contribution in [0.5, 0.6) is 11.5 Å². The predicted molar refractivity (Wildman–Crippen MR) is 130 cm³/mol. The van der Waals surface area contributed by atoms with E-state index in [9.17, 15) is 19.8 Å². The molecule has 180 valence electrons. The van der Waals surface area contributed by atoms with E-state index in [4.69, 9.17) is 15.2 Å². The van der Waals surface area contributed by atoms with E-state index in [2.05, 4.69) is 19.7 Å². The fourth-order valence-electron chi connectivity index (χ4n) is 5.14. The second-order valence-electron chi connectivity index (χ2n) is 9.64. The van der Waals surface area contributed by atoms with E-state index in [1.807, 2.05) is 0 Å². The Morgan fingerprint density at radius 2 is 1.69 bits per heavy atom. The van der Waals surface area contributed by atoms with Gasteiger partial charge in [0.05, 0.1) is 23.8 Å². The number of carbonyl (C=O) groups is 2. The zero-order valence-corrected chi connectivity index (χ0v) is 19.5. The van der Waals surface area contributed by atoms with Crippen molar-refractivity contribution in [2.24, 2.45) is 5.73 Å². The van der Waals surface area contributed by atoms with Gasteiger partial charge in [-0.3, -0.25) is 9.59 Å². The van der Waals surface area contributed by atoms with Gasteiger partial charge in [-0.25, -0.2) is 0 Å². The number of phenols is 2. The maximum Gasteiger partial charge on any atom is 0.198 e. The van der Waals surface area contributed by atoms with Gasteiger partial charge in [-0.15, -0.1) is 0 Å². The van der Waals surface area contributed by atoms with Crippen molar-refractivity contribution in [2.45, 2.75) is 44.1 Å². The van der Waals surface area contributed by atoms with Crippen LogP contribution in [0.1, 0.15) is 68.8 Å². The molecule has 0 unspecified atom stereocenters.